The highest BCUT2D eigenvalue weighted by Gasteiger charge is 2.11. The van der Waals surface area contributed by atoms with E-state index >= 15 is 0 Å². The number of halogens is 2. The summed E-state index contributed by atoms with van der Waals surface area (Å²) in [5.41, 5.74) is 0.762. The third-order valence-electron chi connectivity index (χ3n) is 1.71. The van der Waals surface area contributed by atoms with Crippen molar-refractivity contribution < 1.29 is 13.9 Å². The molecule has 0 fully saturated rings. The molecule has 0 heterocycles. The first-order chi connectivity index (χ1) is 6.06. The van der Waals surface area contributed by atoms with Gasteiger partial charge in [0.1, 0.15) is 0 Å². The minimum Gasteiger partial charge on any atom is -0.494 e. The summed E-state index contributed by atoms with van der Waals surface area (Å²) in [6, 6.07) is 2.51. The second kappa shape index (κ2) is 3.75. The van der Waals surface area contributed by atoms with Crippen molar-refractivity contribution in [2.45, 2.75) is 6.92 Å². The molecular weight excluding hydrogens is 195 g/mol. The number of hydrogen-bond donors (Lipinski definition) is 0. The molecule has 1 aromatic rings. The van der Waals surface area contributed by atoms with Gasteiger partial charge in [-0.2, -0.15) is 0 Å². The summed E-state index contributed by atoms with van der Waals surface area (Å²) in [5, 5.41) is -0.668. The van der Waals surface area contributed by atoms with Gasteiger partial charge in [-0.3, -0.25) is 4.79 Å². The topological polar surface area (TPSA) is 26.3 Å². The van der Waals surface area contributed by atoms with Crippen LogP contribution in [0.5, 0.6) is 5.75 Å². The van der Waals surface area contributed by atoms with E-state index in [1.54, 1.807) is 6.92 Å². The lowest BCUT2D eigenvalue weighted by molar-refractivity contribution is 0.108. The van der Waals surface area contributed by atoms with Crippen molar-refractivity contribution in [3.63, 3.8) is 0 Å². The van der Waals surface area contributed by atoms with Crippen molar-refractivity contribution >= 4 is 16.8 Å². The van der Waals surface area contributed by atoms with Gasteiger partial charge in [0, 0.05) is 5.56 Å². The Kier molecular flexibility index (Phi) is 2.88. The molecule has 13 heavy (non-hydrogen) atoms. The molecule has 0 aliphatic rings. The lowest BCUT2D eigenvalue weighted by Gasteiger charge is -2.05. The van der Waals surface area contributed by atoms with Crippen molar-refractivity contribution in [2.24, 2.45) is 0 Å². The van der Waals surface area contributed by atoms with Gasteiger partial charge in [-0.1, -0.05) is 0 Å². The van der Waals surface area contributed by atoms with Crippen LogP contribution in [0.4, 0.5) is 4.39 Å². The van der Waals surface area contributed by atoms with E-state index in [9.17, 15) is 9.18 Å². The Hall–Kier alpha value is -1.09. The van der Waals surface area contributed by atoms with Crippen LogP contribution in [0.25, 0.3) is 0 Å². The monoisotopic (exact) mass is 202 g/mol. The zero-order chi connectivity index (χ0) is 10.0. The fourth-order valence-electron chi connectivity index (χ4n) is 1.02. The van der Waals surface area contributed by atoms with Crippen molar-refractivity contribution in [1.82, 2.24) is 0 Å². The van der Waals surface area contributed by atoms with E-state index in [0.29, 0.717) is 5.56 Å². The van der Waals surface area contributed by atoms with Crippen LogP contribution < -0.4 is 4.74 Å². The molecule has 0 saturated carbocycles. The Morgan fingerprint density at radius 1 is 1.54 bits per heavy atom. The van der Waals surface area contributed by atoms with Gasteiger partial charge in [-0.15, -0.1) is 0 Å². The van der Waals surface area contributed by atoms with Crippen molar-refractivity contribution in [1.29, 1.82) is 0 Å². The molecule has 0 spiro atoms. The summed E-state index contributed by atoms with van der Waals surface area (Å²) in [6.45, 7) is 1.66. The van der Waals surface area contributed by atoms with E-state index in [-0.39, 0.29) is 11.3 Å². The molecule has 0 atom stereocenters. The van der Waals surface area contributed by atoms with E-state index < -0.39 is 11.1 Å². The highest BCUT2D eigenvalue weighted by atomic mass is 35.5. The fourth-order valence-corrected chi connectivity index (χ4v) is 1.23. The van der Waals surface area contributed by atoms with Crippen LogP contribution in [-0.2, 0) is 0 Å². The Balaban J connectivity index is 3.28. The normalized spacial score (nSPS) is 9.85. The summed E-state index contributed by atoms with van der Waals surface area (Å²) < 4.78 is 17.8. The first-order valence-electron chi connectivity index (χ1n) is 3.60. The average molecular weight is 203 g/mol. The number of hydrogen-bond acceptors (Lipinski definition) is 2. The van der Waals surface area contributed by atoms with Gasteiger partial charge in [0.2, 0.25) is 0 Å². The number of methoxy groups -OCH3 is 1. The predicted molar refractivity (Wildman–Crippen MR) is 47.9 cm³/mol. The van der Waals surface area contributed by atoms with Crippen molar-refractivity contribution in [2.75, 3.05) is 7.11 Å². The minimum absolute atomic E-state index is 0.110. The average Bonchev–Trinajstić information content (AvgIpc) is 2.07. The van der Waals surface area contributed by atoms with Crippen LogP contribution in [0, 0.1) is 12.7 Å². The smallest absolute Gasteiger partial charge is 0.252 e. The third kappa shape index (κ3) is 1.98. The van der Waals surface area contributed by atoms with E-state index in [0.717, 1.165) is 6.07 Å². The molecule has 4 heteroatoms. The highest BCUT2D eigenvalue weighted by Crippen LogP contribution is 2.22. The molecule has 0 aliphatic heterocycles. The maximum atomic E-state index is 13.1. The lowest BCUT2D eigenvalue weighted by atomic mass is 10.1. The number of rotatable bonds is 2. The zero-order valence-electron chi connectivity index (χ0n) is 7.23. The van der Waals surface area contributed by atoms with Gasteiger partial charge in [0.05, 0.1) is 7.11 Å². The van der Waals surface area contributed by atoms with E-state index in [2.05, 4.69) is 0 Å². The molecule has 1 aromatic carbocycles. The van der Waals surface area contributed by atoms with E-state index in [1.165, 1.54) is 13.2 Å². The number of ether oxygens (including phenoxy) is 1. The Morgan fingerprint density at radius 3 is 2.62 bits per heavy atom. The molecular formula is C9H8ClFO2. The first-order valence-corrected chi connectivity index (χ1v) is 3.98. The molecule has 2 nitrogen and oxygen atoms in total. The van der Waals surface area contributed by atoms with Crippen LogP contribution in [0.1, 0.15) is 15.9 Å². The van der Waals surface area contributed by atoms with Gasteiger partial charge >= 0.3 is 0 Å². The summed E-state index contributed by atoms with van der Waals surface area (Å²) in [7, 11) is 1.36. The summed E-state index contributed by atoms with van der Waals surface area (Å²) in [5.74, 6) is -0.476. The largest absolute Gasteiger partial charge is 0.494 e. The molecule has 0 bridgehead atoms. The Bertz CT molecular complexity index is 350. The summed E-state index contributed by atoms with van der Waals surface area (Å²) in [6.07, 6.45) is 0. The fraction of sp³-hybridized carbons (Fsp3) is 0.222. The number of benzene rings is 1. The van der Waals surface area contributed by atoms with Crippen LogP contribution in [0.15, 0.2) is 12.1 Å². The van der Waals surface area contributed by atoms with Gasteiger partial charge in [-0.05, 0) is 36.2 Å². The zero-order valence-corrected chi connectivity index (χ0v) is 7.98. The van der Waals surface area contributed by atoms with Crippen LogP contribution in [-0.4, -0.2) is 12.4 Å². The molecule has 70 valence electrons. The minimum atomic E-state index is -0.668. The van der Waals surface area contributed by atoms with Gasteiger partial charge < -0.3 is 4.74 Å². The Labute approximate surface area is 80.3 Å². The quantitative estimate of drug-likeness (QED) is 0.689. The highest BCUT2D eigenvalue weighted by molar-refractivity contribution is 6.67. The number of aryl methyl sites for hydroxylation is 1. The molecule has 0 N–H and O–H groups in total. The van der Waals surface area contributed by atoms with Crippen LogP contribution in [0.3, 0.4) is 0 Å². The molecule has 0 aromatic heterocycles. The van der Waals surface area contributed by atoms with Crippen molar-refractivity contribution in [3.8, 4) is 5.75 Å². The summed E-state index contributed by atoms with van der Waals surface area (Å²) in [4.78, 5) is 10.8. The number of carbonyl (C=O) groups is 1. The third-order valence-corrected chi connectivity index (χ3v) is 1.91. The standard InChI is InChI=1S/C9H8ClFO2/c1-5-3-8(13-2)7(11)4-6(5)9(10)12/h3-4H,1-2H3. The maximum absolute atomic E-state index is 13.1. The van der Waals surface area contributed by atoms with Gasteiger partial charge in [0.15, 0.2) is 11.6 Å². The predicted octanol–water partition coefficient (Wildman–Crippen LogP) is 2.52. The molecule has 0 amide bonds. The van der Waals surface area contributed by atoms with Crippen LogP contribution >= 0.6 is 11.6 Å². The molecule has 0 radical (unpaired) electrons. The SMILES string of the molecule is COc1cc(C)c(C(=O)Cl)cc1F. The second-order valence-corrected chi connectivity index (χ2v) is 2.92. The lowest BCUT2D eigenvalue weighted by Crippen LogP contribution is -1.97. The van der Waals surface area contributed by atoms with Gasteiger partial charge in [0.25, 0.3) is 5.24 Å². The molecule has 0 saturated heterocycles. The Morgan fingerprint density at radius 2 is 2.15 bits per heavy atom. The van der Waals surface area contributed by atoms with Crippen molar-refractivity contribution in [3.05, 3.63) is 29.1 Å². The van der Waals surface area contributed by atoms with E-state index in [1.807, 2.05) is 0 Å². The first kappa shape index (κ1) is 9.99. The van der Waals surface area contributed by atoms with Gasteiger partial charge in [-0.25, -0.2) is 4.39 Å². The molecule has 0 aliphatic carbocycles. The van der Waals surface area contributed by atoms with Crippen LogP contribution in [0.2, 0.25) is 0 Å². The van der Waals surface area contributed by atoms with E-state index in [4.69, 9.17) is 16.3 Å². The second-order valence-electron chi connectivity index (χ2n) is 2.58. The molecule has 1 rings (SSSR count). The maximum Gasteiger partial charge on any atom is 0.252 e. The summed E-state index contributed by atoms with van der Waals surface area (Å²) >= 11 is 5.23. The number of carbonyl (C=O) groups excluding carboxylic acids is 1. The molecule has 0 unspecified atom stereocenters.